The van der Waals surface area contributed by atoms with Gasteiger partial charge in [-0.25, -0.2) is 0 Å². The third-order valence-electron chi connectivity index (χ3n) is 2.47. The summed E-state index contributed by atoms with van der Waals surface area (Å²) < 4.78 is 16.2. The Bertz CT molecular complexity index is 374. The van der Waals surface area contributed by atoms with Gasteiger partial charge in [0.25, 0.3) is 0 Å². The van der Waals surface area contributed by atoms with Gasteiger partial charge in [0.1, 0.15) is 6.61 Å². The maximum Gasteiger partial charge on any atom is 0.203 e. The second-order valence-corrected chi connectivity index (χ2v) is 6.04. The van der Waals surface area contributed by atoms with Crippen LogP contribution in [0.1, 0.15) is 13.8 Å². The second-order valence-electron chi connectivity index (χ2n) is 4.83. The normalized spacial score (nSPS) is 10.7. The molecule has 116 valence electrons. The summed E-state index contributed by atoms with van der Waals surface area (Å²) in [7, 11) is 3.23. The van der Waals surface area contributed by atoms with Crippen molar-refractivity contribution >= 4 is 25.0 Å². The van der Waals surface area contributed by atoms with E-state index in [1.807, 2.05) is 18.2 Å². The fraction of sp³-hybridized carbons (Fsp3) is 0.571. The molecule has 0 saturated heterocycles. The number of hydrogen-bond acceptors (Lipinski definition) is 5. The molecule has 20 heavy (non-hydrogen) atoms. The number of thiol groups is 1. The molecule has 1 aromatic carbocycles. The zero-order valence-corrected chi connectivity index (χ0v) is 14.1. The first-order chi connectivity index (χ1) is 8.98. The Hall–Kier alpha value is -0.780. The molecule has 0 fully saturated rings. The summed E-state index contributed by atoms with van der Waals surface area (Å²) in [5, 5.41) is 3.29. The van der Waals surface area contributed by atoms with E-state index < -0.39 is 0 Å². The fourth-order valence-electron chi connectivity index (χ4n) is 1.58. The van der Waals surface area contributed by atoms with Gasteiger partial charge in [-0.2, -0.15) is 12.6 Å². The molecule has 0 aliphatic carbocycles. The van der Waals surface area contributed by atoms with Crippen LogP contribution in [0, 0.1) is 0 Å². The van der Waals surface area contributed by atoms with Gasteiger partial charge in [0.05, 0.1) is 14.2 Å². The molecule has 0 aromatic heterocycles. The highest BCUT2D eigenvalue weighted by Gasteiger charge is 2.12. The first-order valence-corrected chi connectivity index (χ1v) is 6.69. The van der Waals surface area contributed by atoms with Gasteiger partial charge in [-0.05, 0) is 26.0 Å². The molecule has 0 atom stereocenters. The lowest BCUT2D eigenvalue weighted by molar-refractivity contribution is 0.273. The molecule has 1 N–H and O–H groups in total. The molecule has 0 radical (unpaired) electrons. The molecule has 0 spiro atoms. The van der Waals surface area contributed by atoms with E-state index in [0.717, 1.165) is 13.1 Å². The van der Waals surface area contributed by atoms with Gasteiger partial charge in [0.15, 0.2) is 11.5 Å². The van der Waals surface area contributed by atoms with Crippen LogP contribution in [0.15, 0.2) is 18.2 Å². The van der Waals surface area contributed by atoms with Crippen LogP contribution in [0.4, 0.5) is 0 Å². The van der Waals surface area contributed by atoms with Gasteiger partial charge in [0.2, 0.25) is 5.75 Å². The van der Waals surface area contributed by atoms with E-state index in [1.54, 1.807) is 14.2 Å². The van der Waals surface area contributed by atoms with E-state index in [1.165, 1.54) is 0 Å². The van der Waals surface area contributed by atoms with Crippen molar-refractivity contribution in [3.63, 3.8) is 0 Å². The lowest BCUT2D eigenvalue weighted by atomic mass is 10.2. The average Bonchev–Trinajstić information content (AvgIpc) is 2.36. The van der Waals surface area contributed by atoms with E-state index in [0.29, 0.717) is 23.9 Å². The van der Waals surface area contributed by atoms with Crippen LogP contribution in [-0.2, 0) is 0 Å². The lowest BCUT2D eigenvalue weighted by Gasteiger charge is -2.18. The third kappa shape index (κ3) is 6.59. The van der Waals surface area contributed by atoms with Crippen LogP contribution < -0.4 is 19.5 Å². The zero-order valence-electron chi connectivity index (χ0n) is 12.4. The SMILES string of the molecule is COc1cccc(OC)c1OCCNCC(C)(C)S.Cl. The minimum Gasteiger partial charge on any atom is -0.493 e. The summed E-state index contributed by atoms with van der Waals surface area (Å²) in [6, 6.07) is 5.57. The monoisotopic (exact) mass is 321 g/mol. The van der Waals surface area contributed by atoms with E-state index in [-0.39, 0.29) is 17.2 Å². The standard InChI is InChI=1S/C14H23NO3S.ClH/c1-14(2,19)10-15-8-9-18-13-11(16-3)6-5-7-12(13)17-4;/h5-7,15,19H,8-10H2,1-4H3;1H. The van der Waals surface area contributed by atoms with Gasteiger partial charge < -0.3 is 19.5 Å². The molecular weight excluding hydrogens is 298 g/mol. The lowest BCUT2D eigenvalue weighted by Crippen LogP contribution is -2.32. The number of para-hydroxylation sites is 1. The topological polar surface area (TPSA) is 39.7 Å². The Kier molecular flexibility index (Phi) is 8.85. The van der Waals surface area contributed by atoms with E-state index >= 15 is 0 Å². The molecular formula is C14H24ClNO3S. The quantitative estimate of drug-likeness (QED) is 0.570. The van der Waals surface area contributed by atoms with Crippen LogP contribution in [0.25, 0.3) is 0 Å². The smallest absolute Gasteiger partial charge is 0.203 e. The number of benzene rings is 1. The zero-order chi connectivity index (χ0) is 14.3. The van der Waals surface area contributed by atoms with Crippen molar-refractivity contribution in [2.45, 2.75) is 18.6 Å². The Morgan fingerprint density at radius 3 is 2.15 bits per heavy atom. The summed E-state index contributed by atoms with van der Waals surface area (Å²) in [5.41, 5.74) is 0. The van der Waals surface area contributed by atoms with Crippen LogP contribution >= 0.6 is 25.0 Å². The average molecular weight is 322 g/mol. The molecule has 0 aliphatic heterocycles. The fourth-order valence-corrected chi connectivity index (χ4v) is 1.69. The Morgan fingerprint density at radius 1 is 1.15 bits per heavy atom. The predicted octanol–water partition coefficient (Wildman–Crippen LogP) is 2.80. The summed E-state index contributed by atoms with van der Waals surface area (Å²) in [6.45, 7) is 6.23. The van der Waals surface area contributed by atoms with Gasteiger partial charge in [-0.3, -0.25) is 0 Å². The highest BCUT2D eigenvalue weighted by molar-refractivity contribution is 7.81. The molecule has 4 nitrogen and oxygen atoms in total. The summed E-state index contributed by atoms with van der Waals surface area (Å²) in [4.78, 5) is 0. The molecule has 0 amide bonds. The highest BCUT2D eigenvalue weighted by Crippen LogP contribution is 2.36. The van der Waals surface area contributed by atoms with Crippen LogP contribution in [0.2, 0.25) is 0 Å². The highest BCUT2D eigenvalue weighted by atomic mass is 35.5. The Morgan fingerprint density at radius 2 is 1.70 bits per heavy atom. The minimum atomic E-state index is -0.0257. The molecule has 0 heterocycles. The largest absolute Gasteiger partial charge is 0.493 e. The van der Waals surface area contributed by atoms with Crippen molar-refractivity contribution in [1.82, 2.24) is 5.32 Å². The molecule has 1 rings (SSSR count). The van der Waals surface area contributed by atoms with Crippen molar-refractivity contribution in [1.29, 1.82) is 0 Å². The number of rotatable bonds is 8. The van der Waals surface area contributed by atoms with Crippen molar-refractivity contribution in [3.05, 3.63) is 18.2 Å². The molecule has 6 heteroatoms. The van der Waals surface area contributed by atoms with Crippen molar-refractivity contribution in [2.24, 2.45) is 0 Å². The first kappa shape index (κ1) is 19.2. The Balaban J connectivity index is 0.00000361. The van der Waals surface area contributed by atoms with Gasteiger partial charge in [-0.15, -0.1) is 12.4 Å². The van der Waals surface area contributed by atoms with Crippen LogP contribution in [0.5, 0.6) is 17.2 Å². The minimum absolute atomic E-state index is 0. The van der Waals surface area contributed by atoms with Crippen LogP contribution in [-0.4, -0.2) is 38.7 Å². The van der Waals surface area contributed by atoms with Crippen molar-refractivity contribution in [3.8, 4) is 17.2 Å². The summed E-state index contributed by atoms with van der Waals surface area (Å²) >= 11 is 4.45. The van der Waals surface area contributed by atoms with Crippen molar-refractivity contribution < 1.29 is 14.2 Å². The summed E-state index contributed by atoms with van der Waals surface area (Å²) in [5.74, 6) is 1.99. The number of methoxy groups -OCH3 is 2. The molecule has 0 bridgehead atoms. The first-order valence-electron chi connectivity index (χ1n) is 6.25. The van der Waals surface area contributed by atoms with E-state index in [2.05, 4.69) is 31.8 Å². The van der Waals surface area contributed by atoms with Crippen LogP contribution in [0.3, 0.4) is 0 Å². The van der Waals surface area contributed by atoms with Crippen molar-refractivity contribution in [2.75, 3.05) is 33.9 Å². The summed E-state index contributed by atoms with van der Waals surface area (Å²) in [6.07, 6.45) is 0. The predicted molar refractivity (Wildman–Crippen MR) is 88.2 cm³/mol. The van der Waals surface area contributed by atoms with Gasteiger partial charge in [0, 0.05) is 17.8 Å². The van der Waals surface area contributed by atoms with Gasteiger partial charge in [-0.1, -0.05) is 6.07 Å². The third-order valence-corrected chi connectivity index (χ3v) is 2.62. The molecule has 1 aromatic rings. The number of nitrogens with one attached hydrogen (secondary N) is 1. The van der Waals surface area contributed by atoms with E-state index in [4.69, 9.17) is 14.2 Å². The van der Waals surface area contributed by atoms with E-state index in [9.17, 15) is 0 Å². The molecule has 0 aliphatic rings. The maximum atomic E-state index is 5.73. The number of ether oxygens (including phenoxy) is 3. The second kappa shape index (κ2) is 9.21. The molecule has 0 unspecified atom stereocenters. The number of halogens is 1. The number of hydrogen-bond donors (Lipinski definition) is 2. The maximum absolute atomic E-state index is 5.73. The van der Waals surface area contributed by atoms with Gasteiger partial charge >= 0.3 is 0 Å². The Labute approximate surface area is 133 Å². The molecule has 0 saturated carbocycles.